The third-order valence-corrected chi connectivity index (χ3v) is 7.30. The Morgan fingerprint density at radius 1 is 1.00 bits per heavy atom. The van der Waals surface area contributed by atoms with Gasteiger partial charge >= 0.3 is 0 Å². The molecule has 1 aliphatic rings. The van der Waals surface area contributed by atoms with Gasteiger partial charge in [0.25, 0.3) is 0 Å². The highest BCUT2D eigenvalue weighted by Gasteiger charge is 2.33. The van der Waals surface area contributed by atoms with Crippen molar-refractivity contribution >= 4 is 20.8 Å². The fraction of sp³-hybridized carbons (Fsp3) is 0.238. The van der Waals surface area contributed by atoms with E-state index in [-0.39, 0.29) is 18.8 Å². The molecule has 0 bridgehead atoms. The van der Waals surface area contributed by atoms with Gasteiger partial charge in [-0.3, -0.25) is 0 Å². The average Bonchev–Trinajstić information content (AvgIpc) is 2.72. The summed E-state index contributed by atoms with van der Waals surface area (Å²) in [5, 5.41) is 12.3. The highest BCUT2D eigenvalue weighted by Crippen LogP contribution is 2.26. The normalized spacial score (nSPS) is 16.3. The van der Waals surface area contributed by atoms with Crippen LogP contribution in [0.1, 0.15) is 5.56 Å². The Balaban J connectivity index is 1.51. The maximum absolute atomic E-state index is 14.0. The average molecular weight is 419 g/mol. The predicted molar refractivity (Wildman–Crippen MR) is 105 cm³/mol. The predicted octanol–water partition coefficient (Wildman–Crippen LogP) is 1.91. The Labute approximate surface area is 167 Å². The number of hydrogen-bond donors (Lipinski definition) is 2. The quantitative estimate of drug-likeness (QED) is 0.679. The Kier molecular flexibility index (Phi) is 5.24. The molecule has 0 spiro atoms. The van der Waals surface area contributed by atoms with Gasteiger partial charge in [0.05, 0.1) is 31.7 Å². The first kappa shape index (κ1) is 19.8. The van der Waals surface area contributed by atoms with Crippen molar-refractivity contribution < 1.29 is 27.2 Å². The van der Waals surface area contributed by atoms with Crippen molar-refractivity contribution in [3.63, 3.8) is 0 Å². The maximum atomic E-state index is 14.0. The standard InChI is InChI=1S/C21H20F2N2O3S/c22-16-6-7-19(23)21(13-16)29(27,28)25-11-9-24(10-12-25)14-18-17-4-2-1-3-15(17)5-8-20(18)26/h1-8,13,26H,9-12,14H2/p+1. The van der Waals surface area contributed by atoms with Gasteiger partial charge in [-0.25, -0.2) is 17.2 Å². The van der Waals surface area contributed by atoms with Gasteiger partial charge in [0.2, 0.25) is 10.0 Å². The van der Waals surface area contributed by atoms with Crippen LogP contribution in [0.25, 0.3) is 10.8 Å². The molecular formula is C21H21F2N2O3S+. The molecule has 1 saturated heterocycles. The fourth-order valence-corrected chi connectivity index (χ4v) is 5.31. The van der Waals surface area contributed by atoms with Crippen LogP contribution in [0, 0.1) is 11.6 Å². The number of sulfonamides is 1. The fourth-order valence-electron chi connectivity index (χ4n) is 3.79. The van der Waals surface area contributed by atoms with Gasteiger partial charge in [0, 0.05) is 0 Å². The minimum absolute atomic E-state index is 0.194. The maximum Gasteiger partial charge on any atom is 0.246 e. The van der Waals surface area contributed by atoms with Crippen molar-refractivity contribution in [3.8, 4) is 5.75 Å². The number of quaternary nitrogens is 1. The van der Waals surface area contributed by atoms with E-state index in [0.29, 0.717) is 19.6 Å². The zero-order valence-corrected chi connectivity index (χ0v) is 16.4. The summed E-state index contributed by atoms with van der Waals surface area (Å²) in [7, 11) is -4.10. The largest absolute Gasteiger partial charge is 0.507 e. The molecule has 0 aliphatic carbocycles. The molecule has 0 atom stereocenters. The lowest BCUT2D eigenvalue weighted by molar-refractivity contribution is -0.917. The van der Waals surface area contributed by atoms with E-state index in [1.807, 2.05) is 30.3 Å². The first-order valence-electron chi connectivity index (χ1n) is 9.34. The number of fused-ring (bicyclic) bond motifs is 1. The number of phenolic OH excluding ortho intramolecular Hbond substituents is 1. The second kappa shape index (κ2) is 7.70. The molecule has 0 amide bonds. The zero-order valence-electron chi connectivity index (χ0n) is 15.6. The van der Waals surface area contributed by atoms with E-state index in [1.165, 1.54) is 4.31 Å². The minimum Gasteiger partial charge on any atom is -0.507 e. The van der Waals surface area contributed by atoms with Gasteiger partial charge < -0.3 is 10.0 Å². The number of benzene rings is 3. The molecule has 0 radical (unpaired) electrons. The van der Waals surface area contributed by atoms with E-state index < -0.39 is 26.6 Å². The molecule has 0 unspecified atom stereocenters. The number of nitrogens with zero attached hydrogens (tertiary/aromatic N) is 1. The summed E-state index contributed by atoms with van der Waals surface area (Å²) in [5.74, 6) is -1.53. The van der Waals surface area contributed by atoms with E-state index in [4.69, 9.17) is 0 Å². The monoisotopic (exact) mass is 419 g/mol. The molecule has 3 aromatic rings. The van der Waals surface area contributed by atoms with Crippen LogP contribution >= 0.6 is 0 Å². The van der Waals surface area contributed by atoms with Crippen molar-refractivity contribution in [3.05, 3.63) is 71.8 Å². The second-order valence-electron chi connectivity index (χ2n) is 7.19. The molecule has 3 aromatic carbocycles. The number of halogens is 2. The van der Waals surface area contributed by atoms with Crippen molar-refractivity contribution in [2.45, 2.75) is 11.4 Å². The Bertz CT molecular complexity index is 1160. The van der Waals surface area contributed by atoms with Gasteiger partial charge in [-0.05, 0) is 35.0 Å². The van der Waals surface area contributed by atoms with Crippen molar-refractivity contribution in [2.75, 3.05) is 26.2 Å². The van der Waals surface area contributed by atoms with Crippen molar-refractivity contribution in [1.29, 1.82) is 0 Å². The molecule has 8 heteroatoms. The number of phenols is 1. The molecule has 29 heavy (non-hydrogen) atoms. The highest BCUT2D eigenvalue weighted by molar-refractivity contribution is 7.89. The molecule has 0 saturated carbocycles. The first-order chi connectivity index (χ1) is 13.9. The van der Waals surface area contributed by atoms with Crippen molar-refractivity contribution in [2.24, 2.45) is 0 Å². The summed E-state index contributed by atoms with van der Waals surface area (Å²) in [4.78, 5) is 0.482. The van der Waals surface area contributed by atoms with E-state index in [1.54, 1.807) is 6.07 Å². The highest BCUT2D eigenvalue weighted by atomic mass is 32.2. The molecule has 1 fully saturated rings. The van der Waals surface area contributed by atoms with Gasteiger partial charge in [-0.1, -0.05) is 30.3 Å². The van der Waals surface area contributed by atoms with Crippen LogP contribution in [0.5, 0.6) is 5.75 Å². The smallest absolute Gasteiger partial charge is 0.246 e. The van der Waals surface area contributed by atoms with E-state index in [9.17, 15) is 22.3 Å². The van der Waals surface area contributed by atoms with E-state index in [0.717, 1.165) is 39.4 Å². The van der Waals surface area contributed by atoms with Crippen LogP contribution in [0.2, 0.25) is 0 Å². The summed E-state index contributed by atoms with van der Waals surface area (Å²) in [6, 6.07) is 13.8. The molecule has 152 valence electrons. The number of rotatable bonds is 4. The van der Waals surface area contributed by atoms with Crippen LogP contribution in [0.4, 0.5) is 8.78 Å². The second-order valence-corrected chi connectivity index (χ2v) is 9.10. The molecule has 0 aromatic heterocycles. The molecule has 5 nitrogen and oxygen atoms in total. The summed E-state index contributed by atoms with van der Waals surface area (Å²) < 4.78 is 54.0. The number of piperazine rings is 1. The Hall–Kier alpha value is -2.55. The van der Waals surface area contributed by atoms with E-state index >= 15 is 0 Å². The number of aromatic hydroxyl groups is 1. The van der Waals surface area contributed by atoms with Crippen molar-refractivity contribution in [1.82, 2.24) is 4.31 Å². The van der Waals surface area contributed by atoms with Gasteiger partial charge in [-0.15, -0.1) is 0 Å². The number of nitrogens with one attached hydrogen (secondary N) is 1. The molecule has 1 heterocycles. The molecule has 2 N–H and O–H groups in total. The summed E-state index contributed by atoms with van der Waals surface area (Å²) in [6.45, 7) is 1.94. The third kappa shape index (κ3) is 3.83. The SMILES string of the molecule is O=S(=O)(c1cc(F)ccc1F)N1CC[NH+](Cc2c(O)ccc3ccccc23)CC1. The minimum atomic E-state index is -4.10. The summed E-state index contributed by atoms with van der Waals surface area (Å²) in [5.41, 5.74) is 0.825. The lowest BCUT2D eigenvalue weighted by Crippen LogP contribution is -3.13. The Morgan fingerprint density at radius 3 is 2.48 bits per heavy atom. The Morgan fingerprint density at radius 2 is 1.72 bits per heavy atom. The number of hydrogen-bond acceptors (Lipinski definition) is 3. The van der Waals surface area contributed by atoms with Gasteiger partial charge in [-0.2, -0.15) is 4.31 Å². The zero-order chi connectivity index (χ0) is 20.6. The van der Waals surface area contributed by atoms with Gasteiger partial charge in [0.15, 0.2) is 0 Å². The van der Waals surface area contributed by atoms with Gasteiger partial charge in [0.1, 0.15) is 28.8 Å². The third-order valence-electron chi connectivity index (χ3n) is 5.38. The summed E-state index contributed by atoms with van der Waals surface area (Å²) >= 11 is 0. The topological polar surface area (TPSA) is 62.0 Å². The lowest BCUT2D eigenvalue weighted by Gasteiger charge is -2.32. The molecule has 4 rings (SSSR count). The van der Waals surface area contributed by atoms with Crippen LogP contribution in [0.3, 0.4) is 0 Å². The van der Waals surface area contributed by atoms with Crippen LogP contribution in [-0.2, 0) is 16.6 Å². The van der Waals surface area contributed by atoms with E-state index in [2.05, 4.69) is 0 Å². The summed E-state index contributed by atoms with van der Waals surface area (Å²) in [6.07, 6.45) is 0. The lowest BCUT2D eigenvalue weighted by atomic mass is 10.0. The molecular weight excluding hydrogens is 398 g/mol. The van der Waals surface area contributed by atoms with Crippen LogP contribution in [-0.4, -0.2) is 44.0 Å². The first-order valence-corrected chi connectivity index (χ1v) is 10.8. The molecule has 1 aliphatic heterocycles. The van der Waals surface area contributed by atoms with Crippen LogP contribution < -0.4 is 4.90 Å². The van der Waals surface area contributed by atoms with Crippen LogP contribution in [0.15, 0.2) is 59.5 Å².